The van der Waals surface area contributed by atoms with Crippen molar-refractivity contribution in [1.82, 2.24) is 4.72 Å². The summed E-state index contributed by atoms with van der Waals surface area (Å²) in [4.78, 5) is 0.309. The molecule has 74 valence electrons. The molecular formula is C9H14NNaO2S. The first-order valence-corrected chi connectivity index (χ1v) is 5.58. The van der Waals surface area contributed by atoms with E-state index in [-0.39, 0.29) is 37.0 Å². The van der Waals surface area contributed by atoms with E-state index in [1.165, 1.54) is 0 Å². The average Bonchev–Trinajstić information content (AvgIpc) is 2.04. The monoisotopic (exact) mass is 223 g/mol. The van der Waals surface area contributed by atoms with E-state index in [0.717, 1.165) is 0 Å². The van der Waals surface area contributed by atoms with Crippen LogP contribution in [0.15, 0.2) is 35.2 Å². The number of nitrogens with one attached hydrogen (secondary N) is 1. The van der Waals surface area contributed by atoms with Gasteiger partial charge in [-0.15, -0.1) is 0 Å². The molecule has 0 aliphatic rings. The van der Waals surface area contributed by atoms with Crippen molar-refractivity contribution < 1.29 is 39.4 Å². The molecule has 1 rings (SSSR count). The van der Waals surface area contributed by atoms with Crippen molar-refractivity contribution in [3.8, 4) is 0 Å². The Bertz CT molecular complexity index is 367. The number of benzene rings is 1. The Kier molecular flexibility index (Phi) is 5.93. The van der Waals surface area contributed by atoms with Gasteiger partial charge >= 0.3 is 29.6 Å². The molecule has 0 radical (unpaired) electrons. The first-order chi connectivity index (χ1) is 6.02. The summed E-state index contributed by atoms with van der Waals surface area (Å²) in [5.41, 5.74) is 0. The predicted molar refractivity (Wildman–Crippen MR) is 53.0 cm³/mol. The second kappa shape index (κ2) is 5.88. The quantitative estimate of drug-likeness (QED) is 0.633. The van der Waals surface area contributed by atoms with E-state index >= 15 is 0 Å². The van der Waals surface area contributed by atoms with Gasteiger partial charge in [0, 0.05) is 6.04 Å². The van der Waals surface area contributed by atoms with Crippen LogP contribution in [0.4, 0.5) is 0 Å². The zero-order valence-corrected chi connectivity index (χ0v) is 11.5. The van der Waals surface area contributed by atoms with Gasteiger partial charge in [-0.3, -0.25) is 0 Å². The van der Waals surface area contributed by atoms with E-state index in [1.54, 1.807) is 44.2 Å². The van der Waals surface area contributed by atoms with Gasteiger partial charge in [0.05, 0.1) is 4.90 Å². The zero-order valence-electron chi connectivity index (χ0n) is 9.69. The topological polar surface area (TPSA) is 46.2 Å². The maximum atomic E-state index is 11.5. The molecule has 0 unspecified atom stereocenters. The zero-order chi connectivity index (χ0) is 9.90. The third kappa shape index (κ3) is 4.11. The van der Waals surface area contributed by atoms with E-state index < -0.39 is 10.0 Å². The summed E-state index contributed by atoms with van der Waals surface area (Å²) in [6, 6.07) is 8.26. The molecule has 0 fully saturated rings. The Hall–Kier alpha value is 0.130. The Labute approximate surface area is 109 Å². The van der Waals surface area contributed by atoms with Crippen LogP contribution < -0.4 is 34.3 Å². The molecule has 1 aromatic carbocycles. The molecule has 0 spiro atoms. The van der Waals surface area contributed by atoms with Crippen LogP contribution in [-0.2, 0) is 10.0 Å². The van der Waals surface area contributed by atoms with Crippen molar-refractivity contribution in [3.05, 3.63) is 30.3 Å². The minimum Gasteiger partial charge on any atom is -1.00 e. The normalized spacial score (nSPS) is 11.1. The first kappa shape index (κ1) is 14.1. The summed E-state index contributed by atoms with van der Waals surface area (Å²) in [6.45, 7) is 3.58. The summed E-state index contributed by atoms with van der Waals surface area (Å²) in [5, 5.41) is 0. The molecule has 3 nitrogen and oxygen atoms in total. The van der Waals surface area contributed by atoms with Crippen LogP contribution in [0.5, 0.6) is 0 Å². The molecule has 0 aliphatic carbocycles. The smallest absolute Gasteiger partial charge is 1.00 e. The molecule has 14 heavy (non-hydrogen) atoms. The molecule has 5 heteroatoms. The number of hydrogen-bond donors (Lipinski definition) is 1. The molecule has 0 aromatic heterocycles. The molecule has 1 N–H and O–H groups in total. The van der Waals surface area contributed by atoms with Crippen molar-refractivity contribution in [2.45, 2.75) is 24.8 Å². The summed E-state index contributed by atoms with van der Waals surface area (Å²) in [5.74, 6) is 0. The van der Waals surface area contributed by atoms with Gasteiger partial charge in [-0.2, -0.15) is 0 Å². The van der Waals surface area contributed by atoms with E-state index in [1.807, 2.05) is 0 Å². The van der Waals surface area contributed by atoms with Gasteiger partial charge in [-0.05, 0) is 26.0 Å². The summed E-state index contributed by atoms with van der Waals surface area (Å²) in [7, 11) is -3.31. The van der Waals surface area contributed by atoms with Crippen molar-refractivity contribution in [1.29, 1.82) is 0 Å². The number of hydrogen-bond acceptors (Lipinski definition) is 2. The van der Waals surface area contributed by atoms with Gasteiger partial charge in [0.2, 0.25) is 10.0 Å². The van der Waals surface area contributed by atoms with Gasteiger partial charge in [0.15, 0.2) is 0 Å². The van der Waals surface area contributed by atoms with Crippen LogP contribution in [-0.4, -0.2) is 14.5 Å². The fraction of sp³-hybridized carbons (Fsp3) is 0.333. The van der Waals surface area contributed by atoms with Crippen LogP contribution in [0.25, 0.3) is 0 Å². The Morgan fingerprint density at radius 1 is 1.21 bits per heavy atom. The second-order valence-corrected chi connectivity index (χ2v) is 4.80. The van der Waals surface area contributed by atoms with Crippen molar-refractivity contribution in [2.24, 2.45) is 0 Å². The summed E-state index contributed by atoms with van der Waals surface area (Å²) >= 11 is 0. The number of rotatable bonds is 3. The molecule has 0 amide bonds. The maximum absolute atomic E-state index is 11.5. The van der Waals surface area contributed by atoms with Crippen LogP contribution in [0.3, 0.4) is 0 Å². The van der Waals surface area contributed by atoms with Crippen LogP contribution in [0.1, 0.15) is 15.3 Å². The fourth-order valence-corrected chi connectivity index (χ4v) is 2.25. The summed E-state index contributed by atoms with van der Waals surface area (Å²) < 4.78 is 25.6. The van der Waals surface area contributed by atoms with E-state index in [0.29, 0.717) is 4.90 Å². The third-order valence-corrected chi connectivity index (χ3v) is 3.12. The van der Waals surface area contributed by atoms with Crippen LogP contribution >= 0.6 is 0 Å². The molecule has 0 aliphatic heterocycles. The van der Waals surface area contributed by atoms with Crippen molar-refractivity contribution >= 4 is 10.0 Å². The van der Waals surface area contributed by atoms with Crippen LogP contribution in [0, 0.1) is 0 Å². The molecule has 0 saturated heterocycles. The van der Waals surface area contributed by atoms with Crippen molar-refractivity contribution in [3.63, 3.8) is 0 Å². The standard InChI is InChI=1S/C9H13NO2S.Na.H/c1-8(2)10-13(11,12)9-6-4-3-5-7-9;;/h3-8,10H,1-2H3;;/q;+1;-1. The van der Waals surface area contributed by atoms with Gasteiger partial charge < -0.3 is 1.43 Å². The molecule has 0 bridgehead atoms. The summed E-state index contributed by atoms with van der Waals surface area (Å²) in [6.07, 6.45) is 0. The minimum atomic E-state index is -3.31. The van der Waals surface area contributed by atoms with Gasteiger partial charge in [0.25, 0.3) is 0 Å². The minimum absolute atomic E-state index is 0. The van der Waals surface area contributed by atoms with Crippen molar-refractivity contribution in [2.75, 3.05) is 0 Å². The fourth-order valence-electron chi connectivity index (χ4n) is 0.978. The van der Waals surface area contributed by atoms with E-state index in [9.17, 15) is 8.42 Å². The SMILES string of the molecule is CC(C)NS(=O)(=O)c1ccccc1.[H-].[Na+]. The first-order valence-electron chi connectivity index (χ1n) is 4.10. The average molecular weight is 223 g/mol. The third-order valence-electron chi connectivity index (χ3n) is 1.44. The maximum Gasteiger partial charge on any atom is 1.00 e. The van der Waals surface area contributed by atoms with Gasteiger partial charge in [0.1, 0.15) is 0 Å². The molecule has 0 heterocycles. The second-order valence-electron chi connectivity index (χ2n) is 3.09. The Morgan fingerprint density at radius 2 is 1.71 bits per heavy atom. The molecule has 0 saturated carbocycles. The number of sulfonamides is 1. The van der Waals surface area contributed by atoms with E-state index in [2.05, 4.69) is 4.72 Å². The van der Waals surface area contributed by atoms with Gasteiger partial charge in [-0.25, -0.2) is 13.1 Å². The predicted octanol–water partition coefficient (Wildman–Crippen LogP) is -1.51. The van der Waals surface area contributed by atoms with E-state index in [4.69, 9.17) is 0 Å². The van der Waals surface area contributed by atoms with Crippen LogP contribution in [0.2, 0.25) is 0 Å². The van der Waals surface area contributed by atoms with Gasteiger partial charge in [-0.1, -0.05) is 18.2 Å². The molecule has 1 aromatic rings. The molecular weight excluding hydrogens is 209 g/mol. The Balaban J connectivity index is 0. The largest absolute Gasteiger partial charge is 1.00 e. The Morgan fingerprint density at radius 3 is 2.14 bits per heavy atom. The molecule has 0 atom stereocenters.